The molecule has 34 heavy (non-hydrogen) atoms. The first-order valence-electron chi connectivity index (χ1n) is 11.9. The first-order chi connectivity index (χ1) is 15.7. The fourth-order valence-electron chi connectivity index (χ4n) is 3.32. The molecule has 0 radical (unpaired) electrons. The number of carbonyl (C=O) groups excluding carboxylic acids is 4. The van der Waals surface area contributed by atoms with E-state index in [9.17, 15) is 29.1 Å². The first-order valence-corrected chi connectivity index (χ1v) is 11.9. The van der Waals surface area contributed by atoms with Crippen molar-refractivity contribution in [1.82, 2.24) is 16.0 Å². The Balaban J connectivity index is 5.53. The molecule has 196 valence electrons. The van der Waals surface area contributed by atoms with Gasteiger partial charge in [0.05, 0.1) is 6.04 Å². The van der Waals surface area contributed by atoms with Crippen LogP contribution in [0, 0.1) is 17.8 Å². The van der Waals surface area contributed by atoms with E-state index in [1.165, 1.54) is 0 Å². The zero-order valence-electron chi connectivity index (χ0n) is 21.2. The van der Waals surface area contributed by atoms with E-state index in [4.69, 9.17) is 11.5 Å². The number of amides is 4. The highest BCUT2D eigenvalue weighted by atomic mass is 16.4. The van der Waals surface area contributed by atoms with Crippen LogP contribution in [-0.4, -0.2) is 58.9 Å². The van der Waals surface area contributed by atoms with E-state index in [-0.39, 0.29) is 37.0 Å². The normalized spacial score (nSPS) is 15.7. The molecule has 8 N–H and O–H groups in total. The summed E-state index contributed by atoms with van der Waals surface area (Å²) in [6.45, 7) is 11.1. The number of nitrogens with one attached hydrogen (secondary N) is 3. The highest BCUT2D eigenvalue weighted by molar-refractivity contribution is 5.94. The van der Waals surface area contributed by atoms with Gasteiger partial charge < -0.3 is 32.5 Å². The molecule has 11 heteroatoms. The summed E-state index contributed by atoms with van der Waals surface area (Å²) in [5.41, 5.74) is 10.9. The molecule has 5 unspecified atom stereocenters. The third-order valence-corrected chi connectivity index (χ3v) is 5.49. The largest absolute Gasteiger partial charge is 0.480 e. The molecule has 0 aromatic carbocycles. The van der Waals surface area contributed by atoms with Gasteiger partial charge in [-0.3, -0.25) is 19.2 Å². The fourth-order valence-corrected chi connectivity index (χ4v) is 3.32. The minimum absolute atomic E-state index is 0.0381. The molecule has 0 aromatic heterocycles. The SMILES string of the molecule is CCC(C)C(NC(=O)C(CC(C)C)NC(=O)C(N)CCC(N)=O)C(=O)NC(CC(C)C)C(=O)O. The molecule has 0 spiro atoms. The number of hydrogen-bond acceptors (Lipinski definition) is 6. The summed E-state index contributed by atoms with van der Waals surface area (Å²) in [6, 6.07) is -4.04. The summed E-state index contributed by atoms with van der Waals surface area (Å²) in [5.74, 6) is -3.70. The van der Waals surface area contributed by atoms with Crippen molar-refractivity contribution in [2.45, 2.75) is 97.8 Å². The molecular formula is C23H43N5O6. The van der Waals surface area contributed by atoms with E-state index in [2.05, 4.69) is 16.0 Å². The van der Waals surface area contributed by atoms with Crippen molar-refractivity contribution in [2.24, 2.45) is 29.2 Å². The Hall–Kier alpha value is -2.69. The van der Waals surface area contributed by atoms with Gasteiger partial charge in [0.25, 0.3) is 0 Å². The molecule has 4 amide bonds. The van der Waals surface area contributed by atoms with Crippen LogP contribution in [0.4, 0.5) is 0 Å². The molecule has 0 fully saturated rings. The maximum Gasteiger partial charge on any atom is 0.326 e. The highest BCUT2D eigenvalue weighted by Gasteiger charge is 2.33. The number of rotatable bonds is 16. The van der Waals surface area contributed by atoms with Crippen LogP contribution in [-0.2, 0) is 24.0 Å². The van der Waals surface area contributed by atoms with E-state index < -0.39 is 53.8 Å². The van der Waals surface area contributed by atoms with Crippen LogP contribution in [0.15, 0.2) is 0 Å². The molecule has 0 aromatic rings. The van der Waals surface area contributed by atoms with Crippen molar-refractivity contribution in [3.8, 4) is 0 Å². The van der Waals surface area contributed by atoms with Crippen molar-refractivity contribution in [3.63, 3.8) is 0 Å². The van der Waals surface area contributed by atoms with Crippen molar-refractivity contribution in [3.05, 3.63) is 0 Å². The van der Waals surface area contributed by atoms with Crippen molar-refractivity contribution < 1.29 is 29.1 Å². The Labute approximate surface area is 202 Å². The topological polar surface area (TPSA) is 194 Å². The molecule has 5 atom stereocenters. The van der Waals surface area contributed by atoms with Crippen LogP contribution >= 0.6 is 0 Å². The first kappa shape index (κ1) is 31.3. The molecule has 0 heterocycles. The van der Waals surface area contributed by atoms with E-state index in [0.29, 0.717) is 12.8 Å². The Bertz CT molecular complexity index is 712. The molecule has 0 saturated carbocycles. The lowest BCUT2D eigenvalue weighted by atomic mass is 9.95. The van der Waals surface area contributed by atoms with Crippen LogP contribution in [0.1, 0.15) is 73.6 Å². The number of hydrogen-bond donors (Lipinski definition) is 6. The predicted octanol–water partition coefficient (Wildman–Crippen LogP) is 0.257. The van der Waals surface area contributed by atoms with Crippen molar-refractivity contribution >= 4 is 29.6 Å². The van der Waals surface area contributed by atoms with Crippen molar-refractivity contribution in [1.29, 1.82) is 0 Å². The van der Waals surface area contributed by atoms with Gasteiger partial charge in [-0.1, -0.05) is 48.0 Å². The van der Waals surface area contributed by atoms with E-state index in [0.717, 1.165) is 0 Å². The average Bonchev–Trinajstić information content (AvgIpc) is 2.72. The zero-order chi connectivity index (χ0) is 26.6. The molecule has 0 saturated heterocycles. The Morgan fingerprint density at radius 2 is 1.29 bits per heavy atom. The second kappa shape index (κ2) is 15.3. The second-order valence-electron chi connectivity index (χ2n) is 9.70. The van der Waals surface area contributed by atoms with Crippen LogP contribution in [0.25, 0.3) is 0 Å². The molecular weight excluding hydrogens is 442 g/mol. The van der Waals surface area contributed by atoms with Gasteiger partial charge in [0.1, 0.15) is 18.1 Å². The van der Waals surface area contributed by atoms with Crippen LogP contribution in [0.5, 0.6) is 0 Å². The number of carbonyl (C=O) groups is 5. The fraction of sp³-hybridized carbons (Fsp3) is 0.783. The van der Waals surface area contributed by atoms with Gasteiger partial charge in [0.2, 0.25) is 23.6 Å². The number of aliphatic carboxylic acids is 1. The average molecular weight is 486 g/mol. The molecule has 0 rings (SSSR count). The minimum Gasteiger partial charge on any atom is -0.480 e. The summed E-state index contributed by atoms with van der Waals surface area (Å²) in [5, 5.41) is 17.3. The van der Waals surface area contributed by atoms with E-state index in [1.807, 2.05) is 34.6 Å². The molecule has 11 nitrogen and oxygen atoms in total. The van der Waals surface area contributed by atoms with E-state index >= 15 is 0 Å². The van der Waals surface area contributed by atoms with E-state index in [1.54, 1.807) is 6.92 Å². The van der Waals surface area contributed by atoms with Crippen LogP contribution < -0.4 is 27.4 Å². The van der Waals surface area contributed by atoms with Gasteiger partial charge in [-0.25, -0.2) is 4.79 Å². The lowest BCUT2D eigenvalue weighted by molar-refractivity contribution is -0.143. The van der Waals surface area contributed by atoms with Gasteiger partial charge in [-0.05, 0) is 37.0 Å². The zero-order valence-corrected chi connectivity index (χ0v) is 21.2. The lowest BCUT2D eigenvalue weighted by Crippen LogP contribution is -2.59. The summed E-state index contributed by atoms with van der Waals surface area (Å²) in [7, 11) is 0. The summed E-state index contributed by atoms with van der Waals surface area (Å²) < 4.78 is 0. The standard InChI is InChI=1S/C23H43N5O6/c1-7-14(6)19(22(32)27-17(23(33)34)11-13(4)5)28-21(31)16(10-12(2)3)26-20(30)15(24)8-9-18(25)29/h12-17,19H,7-11,24H2,1-6H3,(H2,25,29)(H,26,30)(H,27,32)(H,28,31)(H,33,34). The monoisotopic (exact) mass is 485 g/mol. The van der Waals surface area contributed by atoms with Crippen LogP contribution in [0.2, 0.25) is 0 Å². The molecule has 0 bridgehead atoms. The van der Waals surface area contributed by atoms with Crippen LogP contribution in [0.3, 0.4) is 0 Å². The Kier molecular flexibility index (Phi) is 14.1. The maximum atomic E-state index is 13.1. The Morgan fingerprint density at radius 1 is 0.794 bits per heavy atom. The molecule has 0 aliphatic heterocycles. The van der Waals surface area contributed by atoms with Crippen molar-refractivity contribution in [2.75, 3.05) is 0 Å². The number of carboxylic acids is 1. The summed E-state index contributed by atoms with van der Waals surface area (Å²) in [6.07, 6.45) is 1.07. The number of nitrogens with two attached hydrogens (primary N) is 2. The van der Waals surface area contributed by atoms with Gasteiger partial charge in [-0.2, -0.15) is 0 Å². The molecule has 0 aliphatic rings. The number of carboxylic acid groups (broad SMARTS) is 1. The Morgan fingerprint density at radius 3 is 1.74 bits per heavy atom. The van der Waals surface area contributed by atoms with Gasteiger partial charge in [0.15, 0.2) is 0 Å². The smallest absolute Gasteiger partial charge is 0.326 e. The maximum absolute atomic E-state index is 13.1. The summed E-state index contributed by atoms with van der Waals surface area (Å²) >= 11 is 0. The van der Waals surface area contributed by atoms with Gasteiger partial charge in [-0.15, -0.1) is 0 Å². The quantitative estimate of drug-likeness (QED) is 0.180. The third-order valence-electron chi connectivity index (χ3n) is 5.49. The minimum atomic E-state index is -1.15. The number of primary amides is 1. The molecule has 0 aliphatic carbocycles. The predicted molar refractivity (Wildman–Crippen MR) is 128 cm³/mol. The lowest BCUT2D eigenvalue weighted by Gasteiger charge is -2.29. The highest BCUT2D eigenvalue weighted by Crippen LogP contribution is 2.13. The van der Waals surface area contributed by atoms with Gasteiger partial charge >= 0.3 is 5.97 Å². The summed E-state index contributed by atoms with van der Waals surface area (Å²) in [4.78, 5) is 61.1. The second-order valence-corrected chi connectivity index (χ2v) is 9.70. The van der Waals surface area contributed by atoms with Gasteiger partial charge in [0, 0.05) is 6.42 Å². The third kappa shape index (κ3) is 12.0.